The molecule has 2 aromatic rings. The molecule has 1 aliphatic heterocycles. The maximum Gasteiger partial charge on any atom is 0.325 e. The van der Waals surface area contributed by atoms with E-state index in [1.165, 1.54) is 24.0 Å². The van der Waals surface area contributed by atoms with Crippen molar-refractivity contribution >= 4 is 34.3 Å². The molecule has 148 valence electrons. The summed E-state index contributed by atoms with van der Waals surface area (Å²) in [6.07, 6.45) is 7.40. The molecule has 2 aromatic heterocycles. The number of thiazole rings is 1. The summed E-state index contributed by atoms with van der Waals surface area (Å²) in [5.74, 6) is -0.00367. The predicted octanol–water partition coefficient (Wildman–Crippen LogP) is 2.84. The fourth-order valence-electron chi connectivity index (χ4n) is 3.52. The zero-order valence-electron chi connectivity index (χ0n) is 15.4. The number of hydrogen-bond acceptors (Lipinski definition) is 6. The molecular formula is C19H22N4O4S. The number of hydrogen-bond donors (Lipinski definition) is 2. The normalized spacial score (nSPS) is 19.3. The second-order valence-electron chi connectivity index (χ2n) is 7.04. The highest BCUT2D eigenvalue weighted by Crippen LogP contribution is 2.29. The van der Waals surface area contributed by atoms with Gasteiger partial charge in [-0.05, 0) is 44.2 Å². The first kappa shape index (κ1) is 18.7. The number of carbonyl (C=O) groups is 3. The Bertz CT molecular complexity index is 853. The fraction of sp³-hybridized carbons (Fsp3) is 0.474. The van der Waals surface area contributed by atoms with E-state index in [0.29, 0.717) is 10.9 Å². The largest absolute Gasteiger partial charge is 0.467 e. The van der Waals surface area contributed by atoms with Gasteiger partial charge >= 0.3 is 6.03 Å². The van der Waals surface area contributed by atoms with Crippen molar-refractivity contribution in [3.05, 3.63) is 34.7 Å². The molecule has 2 aliphatic rings. The van der Waals surface area contributed by atoms with Crippen molar-refractivity contribution < 1.29 is 18.8 Å². The van der Waals surface area contributed by atoms with Gasteiger partial charge in [0.25, 0.3) is 5.91 Å². The van der Waals surface area contributed by atoms with Crippen LogP contribution in [-0.4, -0.2) is 33.8 Å². The molecule has 1 atom stereocenters. The molecule has 3 heterocycles. The van der Waals surface area contributed by atoms with E-state index in [0.717, 1.165) is 29.9 Å². The maximum atomic E-state index is 12.4. The standard InChI is InChI=1S/C19H22N4O4S/c24-16(22-18-20-13-6-2-1-3-7-15(13)28-18)9-8-14-17(25)23(19(26)21-14)11-12-5-4-10-27-12/h4-5,10,14H,1-3,6-9,11H2,(H,21,26)(H,20,22,24). The number of aromatic nitrogens is 1. The molecule has 9 heteroatoms. The van der Waals surface area contributed by atoms with Crippen LogP contribution >= 0.6 is 11.3 Å². The Morgan fingerprint density at radius 2 is 2.18 bits per heavy atom. The minimum Gasteiger partial charge on any atom is -0.467 e. The molecule has 0 aromatic carbocycles. The van der Waals surface area contributed by atoms with Gasteiger partial charge < -0.3 is 15.1 Å². The Morgan fingerprint density at radius 3 is 3.00 bits per heavy atom. The summed E-state index contributed by atoms with van der Waals surface area (Å²) in [4.78, 5) is 43.7. The van der Waals surface area contributed by atoms with Crippen molar-refractivity contribution in [1.29, 1.82) is 0 Å². The van der Waals surface area contributed by atoms with Crippen molar-refractivity contribution in [1.82, 2.24) is 15.2 Å². The molecule has 1 saturated heterocycles. The van der Waals surface area contributed by atoms with E-state index in [4.69, 9.17) is 4.42 Å². The number of carbonyl (C=O) groups excluding carboxylic acids is 3. The summed E-state index contributed by atoms with van der Waals surface area (Å²) in [6, 6.07) is 2.25. The number of nitrogens with zero attached hydrogens (tertiary/aromatic N) is 2. The third-order valence-electron chi connectivity index (χ3n) is 5.00. The van der Waals surface area contributed by atoms with E-state index in [1.807, 2.05) is 0 Å². The topological polar surface area (TPSA) is 105 Å². The van der Waals surface area contributed by atoms with E-state index in [1.54, 1.807) is 23.5 Å². The Kier molecular flexibility index (Phi) is 5.43. The summed E-state index contributed by atoms with van der Waals surface area (Å²) in [5.41, 5.74) is 1.10. The monoisotopic (exact) mass is 402 g/mol. The highest BCUT2D eigenvalue weighted by atomic mass is 32.1. The van der Waals surface area contributed by atoms with Crippen molar-refractivity contribution in [2.45, 2.75) is 57.5 Å². The predicted molar refractivity (Wildman–Crippen MR) is 103 cm³/mol. The molecule has 1 unspecified atom stereocenters. The lowest BCUT2D eigenvalue weighted by atomic mass is 10.1. The summed E-state index contributed by atoms with van der Waals surface area (Å²) in [5, 5.41) is 6.09. The first-order chi connectivity index (χ1) is 13.6. The second kappa shape index (κ2) is 8.14. The van der Waals surface area contributed by atoms with Gasteiger partial charge in [-0.2, -0.15) is 0 Å². The van der Waals surface area contributed by atoms with Gasteiger partial charge in [-0.1, -0.05) is 6.42 Å². The van der Waals surface area contributed by atoms with Crippen LogP contribution in [0, 0.1) is 0 Å². The molecule has 0 bridgehead atoms. The minimum atomic E-state index is -0.693. The molecule has 0 saturated carbocycles. The van der Waals surface area contributed by atoms with Gasteiger partial charge in [-0.3, -0.25) is 14.5 Å². The number of nitrogens with one attached hydrogen (secondary N) is 2. The summed E-state index contributed by atoms with van der Waals surface area (Å²) in [7, 11) is 0. The van der Waals surface area contributed by atoms with Gasteiger partial charge in [0.2, 0.25) is 5.91 Å². The number of furan rings is 1. The minimum absolute atomic E-state index is 0.0883. The first-order valence-electron chi connectivity index (χ1n) is 9.53. The lowest BCUT2D eigenvalue weighted by Gasteiger charge is -2.11. The van der Waals surface area contributed by atoms with Gasteiger partial charge in [0.1, 0.15) is 11.8 Å². The van der Waals surface area contributed by atoms with Crippen LogP contribution < -0.4 is 10.6 Å². The van der Waals surface area contributed by atoms with Gasteiger partial charge in [-0.25, -0.2) is 9.78 Å². The number of anilines is 1. The van der Waals surface area contributed by atoms with E-state index < -0.39 is 12.1 Å². The van der Waals surface area contributed by atoms with Crippen molar-refractivity contribution in [3.63, 3.8) is 0 Å². The van der Waals surface area contributed by atoms with Crippen molar-refractivity contribution in [2.75, 3.05) is 5.32 Å². The van der Waals surface area contributed by atoms with Crippen LogP contribution in [0.15, 0.2) is 22.8 Å². The summed E-state index contributed by atoms with van der Waals surface area (Å²) < 4.78 is 5.19. The third-order valence-corrected chi connectivity index (χ3v) is 6.08. The molecule has 1 aliphatic carbocycles. The second-order valence-corrected chi connectivity index (χ2v) is 8.13. The molecule has 1 fully saturated rings. The molecule has 28 heavy (non-hydrogen) atoms. The lowest BCUT2D eigenvalue weighted by Crippen LogP contribution is -2.31. The summed E-state index contributed by atoms with van der Waals surface area (Å²) in [6.45, 7) is 0.0883. The molecule has 4 amide bonds. The zero-order valence-corrected chi connectivity index (χ0v) is 16.2. The van der Waals surface area contributed by atoms with Crippen LogP contribution in [0.25, 0.3) is 0 Å². The number of fused-ring (bicyclic) bond motifs is 1. The Hall–Kier alpha value is -2.68. The first-order valence-corrected chi connectivity index (χ1v) is 10.3. The van der Waals surface area contributed by atoms with E-state index in [9.17, 15) is 14.4 Å². The molecule has 2 N–H and O–H groups in total. The number of amides is 4. The quantitative estimate of drug-likeness (QED) is 0.571. The van der Waals surface area contributed by atoms with Crippen LogP contribution in [-0.2, 0) is 29.0 Å². The zero-order chi connectivity index (χ0) is 19.5. The smallest absolute Gasteiger partial charge is 0.325 e. The number of aryl methyl sites for hydroxylation is 2. The maximum absolute atomic E-state index is 12.4. The highest BCUT2D eigenvalue weighted by molar-refractivity contribution is 7.15. The fourth-order valence-corrected chi connectivity index (χ4v) is 4.59. The van der Waals surface area contributed by atoms with E-state index >= 15 is 0 Å². The number of imide groups is 1. The van der Waals surface area contributed by atoms with E-state index in [2.05, 4.69) is 15.6 Å². The van der Waals surface area contributed by atoms with E-state index in [-0.39, 0.29) is 31.2 Å². The average molecular weight is 402 g/mol. The Balaban J connectivity index is 1.29. The lowest BCUT2D eigenvalue weighted by molar-refractivity contribution is -0.128. The highest BCUT2D eigenvalue weighted by Gasteiger charge is 2.38. The molecule has 0 radical (unpaired) electrons. The Morgan fingerprint density at radius 1 is 1.32 bits per heavy atom. The molecule has 0 spiro atoms. The summed E-state index contributed by atoms with van der Waals surface area (Å²) >= 11 is 1.54. The van der Waals surface area contributed by atoms with Crippen LogP contribution in [0.1, 0.15) is 48.4 Å². The number of rotatable bonds is 6. The van der Waals surface area contributed by atoms with Crippen LogP contribution in [0.2, 0.25) is 0 Å². The van der Waals surface area contributed by atoms with Gasteiger partial charge in [-0.15, -0.1) is 11.3 Å². The van der Waals surface area contributed by atoms with Crippen LogP contribution in [0.5, 0.6) is 0 Å². The van der Waals surface area contributed by atoms with Crippen LogP contribution in [0.3, 0.4) is 0 Å². The average Bonchev–Trinajstić information content (AvgIpc) is 3.34. The van der Waals surface area contributed by atoms with Crippen LogP contribution in [0.4, 0.5) is 9.93 Å². The third kappa shape index (κ3) is 4.09. The molecular weight excluding hydrogens is 380 g/mol. The van der Waals surface area contributed by atoms with Gasteiger partial charge in [0.05, 0.1) is 18.5 Å². The Labute approximate surface area is 166 Å². The van der Waals surface area contributed by atoms with Crippen molar-refractivity contribution in [2.24, 2.45) is 0 Å². The van der Waals surface area contributed by atoms with Gasteiger partial charge in [0.15, 0.2) is 5.13 Å². The van der Waals surface area contributed by atoms with Crippen molar-refractivity contribution in [3.8, 4) is 0 Å². The van der Waals surface area contributed by atoms with Gasteiger partial charge in [0, 0.05) is 11.3 Å². The SMILES string of the molecule is O=C(CCC1NC(=O)N(Cc2ccco2)C1=O)Nc1nc2c(s1)CCCCC2. The molecule has 4 rings (SSSR count). The molecule has 8 nitrogen and oxygen atoms in total. The number of urea groups is 1.